The van der Waals surface area contributed by atoms with Crippen LogP contribution < -0.4 is 5.32 Å². The molecule has 0 amide bonds. The number of thioether (sulfide) groups is 1. The molecule has 1 heterocycles. The Morgan fingerprint density at radius 1 is 1.41 bits per heavy atom. The van der Waals surface area contributed by atoms with Gasteiger partial charge in [0.05, 0.1) is 11.1 Å². The number of aliphatic imine (C=N–C) groups is 1. The van der Waals surface area contributed by atoms with Crippen LogP contribution in [-0.2, 0) is 0 Å². The number of nitrogens with zero attached hydrogens (tertiary/aromatic N) is 1. The third kappa shape index (κ3) is 5.31. The maximum Gasteiger partial charge on any atom is 0.409 e. The second-order valence-corrected chi connectivity index (χ2v) is 6.06. The van der Waals surface area contributed by atoms with E-state index in [2.05, 4.69) is 10.3 Å². The van der Waals surface area contributed by atoms with Crippen LogP contribution in [0.4, 0.5) is 13.2 Å². The van der Waals surface area contributed by atoms with Crippen molar-refractivity contribution in [2.45, 2.75) is 18.4 Å². The number of allylic oxidation sites excluding steroid dienone is 1. The van der Waals surface area contributed by atoms with E-state index in [0.29, 0.717) is 10.8 Å². The van der Waals surface area contributed by atoms with Crippen molar-refractivity contribution in [2.24, 2.45) is 4.99 Å². The van der Waals surface area contributed by atoms with Crippen molar-refractivity contribution in [3.8, 4) is 0 Å². The number of nitrogens with one attached hydrogen (secondary N) is 1. The first kappa shape index (κ1) is 17.3. The summed E-state index contributed by atoms with van der Waals surface area (Å²) in [5.74, 6) is 0.565. The van der Waals surface area contributed by atoms with Crippen molar-refractivity contribution >= 4 is 28.4 Å². The van der Waals surface area contributed by atoms with E-state index in [1.165, 1.54) is 11.8 Å². The van der Waals surface area contributed by atoms with E-state index in [4.69, 9.17) is 11.6 Å². The summed E-state index contributed by atoms with van der Waals surface area (Å²) in [6, 6.07) is 6.79. The molecule has 0 saturated carbocycles. The van der Waals surface area contributed by atoms with Crippen molar-refractivity contribution in [3.05, 3.63) is 47.0 Å². The van der Waals surface area contributed by atoms with Crippen LogP contribution in [0.5, 0.6) is 0 Å². The minimum absolute atomic E-state index is 0.0758. The molecule has 22 heavy (non-hydrogen) atoms. The van der Waals surface area contributed by atoms with E-state index in [1.807, 2.05) is 12.1 Å². The van der Waals surface area contributed by atoms with Crippen LogP contribution in [0.25, 0.3) is 0 Å². The van der Waals surface area contributed by atoms with Crippen molar-refractivity contribution < 1.29 is 18.3 Å². The number of aliphatic hydroxyl groups excluding tert-OH is 1. The van der Waals surface area contributed by atoms with Crippen LogP contribution in [0.15, 0.2) is 41.4 Å². The highest BCUT2D eigenvalue weighted by Crippen LogP contribution is 2.25. The van der Waals surface area contributed by atoms with Gasteiger partial charge in [-0.3, -0.25) is 10.3 Å². The molecule has 0 bridgehead atoms. The molecule has 2 unspecified atom stereocenters. The topological polar surface area (TPSA) is 44.6 Å². The van der Waals surface area contributed by atoms with Gasteiger partial charge in [0.15, 0.2) is 0 Å². The van der Waals surface area contributed by atoms with Gasteiger partial charge in [-0.2, -0.15) is 13.2 Å². The number of halogens is 4. The third-order valence-electron chi connectivity index (χ3n) is 2.88. The van der Waals surface area contributed by atoms with Gasteiger partial charge in [0.25, 0.3) is 0 Å². The van der Waals surface area contributed by atoms with Gasteiger partial charge in [-0.05, 0) is 12.1 Å². The van der Waals surface area contributed by atoms with Gasteiger partial charge < -0.3 is 5.11 Å². The highest BCUT2D eigenvalue weighted by molar-refractivity contribution is 8.14. The molecule has 0 fully saturated rings. The van der Waals surface area contributed by atoms with Gasteiger partial charge in [-0.1, -0.05) is 29.8 Å². The predicted octanol–water partition coefficient (Wildman–Crippen LogP) is 3.23. The molecule has 0 saturated heterocycles. The predicted molar refractivity (Wildman–Crippen MR) is 83.4 cm³/mol. The lowest BCUT2D eigenvalue weighted by Gasteiger charge is -2.15. The second-order valence-electron chi connectivity index (χ2n) is 4.62. The van der Waals surface area contributed by atoms with Gasteiger partial charge >= 0.3 is 6.18 Å². The minimum atomic E-state index is -4.34. The summed E-state index contributed by atoms with van der Waals surface area (Å²) >= 11 is 7.31. The summed E-state index contributed by atoms with van der Waals surface area (Å²) in [6.07, 6.45) is -4.26. The van der Waals surface area contributed by atoms with Gasteiger partial charge in [0.1, 0.15) is 6.23 Å². The molecule has 1 aromatic carbocycles. The standard InChI is InChI=1S/C14H14ClF3N2OS/c15-10-4-2-9(3-5-10)13-20-11(8-22-13)12(21)19-7-1-6-14(16,17)18/h1-6,11-12,19,21H,7-8H2/b6-1+. The van der Waals surface area contributed by atoms with Crippen molar-refractivity contribution in [2.75, 3.05) is 12.3 Å². The maximum absolute atomic E-state index is 11.9. The highest BCUT2D eigenvalue weighted by Gasteiger charge is 2.26. The molecule has 1 aromatic rings. The Morgan fingerprint density at radius 2 is 2.09 bits per heavy atom. The first-order chi connectivity index (χ1) is 10.3. The molecule has 2 atom stereocenters. The smallest absolute Gasteiger partial charge is 0.376 e. The summed E-state index contributed by atoms with van der Waals surface area (Å²) < 4.78 is 35.8. The number of rotatable bonds is 5. The number of hydrogen-bond acceptors (Lipinski definition) is 4. The Morgan fingerprint density at radius 3 is 2.73 bits per heavy atom. The number of alkyl halides is 3. The Hall–Kier alpha value is -1.02. The SMILES string of the molecule is OC(NC/C=C/C(F)(F)F)C1CSC(c2ccc(Cl)cc2)=N1. The molecule has 0 aliphatic carbocycles. The van der Waals surface area contributed by atoms with Crippen LogP contribution in [0.3, 0.4) is 0 Å². The first-order valence-corrected chi connectivity index (χ1v) is 7.84. The van der Waals surface area contributed by atoms with Crippen molar-refractivity contribution in [1.29, 1.82) is 0 Å². The lowest BCUT2D eigenvalue weighted by atomic mass is 10.2. The molecule has 120 valence electrons. The molecule has 2 N–H and O–H groups in total. The fourth-order valence-electron chi connectivity index (χ4n) is 1.82. The van der Waals surface area contributed by atoms with Crippen molar-refractivity contribution in [3.63, 3.8) is 0 Å². The van der Waals surface area contributed by atoms with E-state index >= 15 is 0 Å². The normalized spacial score (nSPS) is 20.4. The first-order valence-electron chi connectivity index (χ1n) is 6.47. The Kier molecular flexibility index (Phi) is 5.91. The molecule has 1 aliphatic heterocycles. The quantitative estimate of drug-likeness (QED) is 0.633. The van der Waals surface area contributed by atoms with E-state index < -0.39 is 18.4 Å². The summed E-state index contributed by atoms with van der Waals surface area (Å²) in [5, 5.41) is 13.9. The van der Waals surface area contributed by atoms with Crippen LogP contribution in [0, 0.1) is 0 Å². The molecule has 8 heteroatoms. The molecular weight excluding hydrogens is 337 g/mol. The van der Waals surface area contributed by atoms with Gasteiger partial charge in [0.2, 0.25) is 0 Å². The molecule has 3 nitrogen and oxygen atoms in total. The third-order valence-corrected chi connectivity index (χ3v) is 4.26. The average Bonchev–Trinajstić information content (AvgIpc) is 2.93. The fourth-order valence-corrected chi connectivity index (χ4v) is 3.04. The lowest BCUT2D eigenvalue weighted by molar-refractivity contribution is -0.0800. The second kappa shape index (κ2) is 7.50. The number of benzene rings is 1. The summed E-state index contributed by atoms with van der Waals surface area (Å²) in [7, 11) is 0. The molecule has 1 aliphatic rings. The van der Waals surface area contributed by atoms with E-state index in [1.54, 1.807) is 12.1 Å². The Balaban J connectivity index is 1.88. The molecule has 0 aromatic heterocycles. The van der Waals surface area contributed by atoms with Crippen LogP contribution >= 0.6 is 23.4 Å². The maximum atomic E-state index is 11.9. The zero-order valence-electron chi connectivity index (χ0n) is 11.3. The fraction of sp³-hybridized carbons (Fsp3) is 0.357. The summed E-state index contributed by atoms with van der Waals surface area (Å²) in [5.41, 5.74) is 0.904. The zero-order chi connectivity index (χ0) is 16.2. The van der Waals surface area contributed by atoms with Crippen LogP contribution in [0.2, 0.25) is 5.02 Å². The Labute approximate surface area is 135 Å². The molecule has 0 radical (unpaired) electrons. The van der Waals surface area contributed by atoms with Crippen molar-refractivity contribution in [1.82, 2.24) is 5.32 Å². The summed E-state index contributed by atoms with van der Waals surface area (Å²) in [6.45, 7) is -0.0758. The highest BCUT2D eigenvalue weighted by atomic mass is 35.5. The molecule has 2 rings (SSSR count). The lowest BCUT2D eigenvalue weighted by Crippen LogP contribution is -2.39. The van der Waals surface area contributed by atoms with Crippen LogP contribution in [-0.4, -0.2) is 40.9 Å². The average molecular weight is 351 g/mol. The monoisotopic (exact) mass is 350 g/mol. The van der Waals surface area contributed by atoms with Gasteiger partial charge in [0, 0.05) is 29.0 Å². The Bertz CT molecular complexity index is 560. The molecule has 0 spiro atoms. The largest absolute Gasteiger partial charge is 0.409 e. The number of hydrogen-bond donors (Lipinski definition) is 2. The van der Waals surface area contributed by atoms with E-state index in [-0.39, 0.29) is 12.6 Å². The minimum Gasteiger partial charge on any atom is -0.376 e. The van der Waals surface area contributed by atoms with E-state index in [9.17, 15) is 18.3 Å². The van der Waals surface area contributed by atoms with E-state index in [0.717, 1.165) is 16.7 Å². The molecular formula is C14H14ClF3N2OS. The zero-order valence-corrected chi connectivity index (χ0v) is 12.9. The van der Waals surface area contributed by atoms with Crippen LogP contribution in [0.1, 0.15) is 5.56 Å². The summed E-state index contributed by atoms with van der Waals surface area (Å²) in [4.78, 5) is 4.39. The van der Waals surface area contributed by atoms with Gasteiger partial charge in [-0.15, -0.1) is 11.8 Å². The number of aliphatic hydroxyl groups is 1. The van der Waals surface area contributed by atoms with Gasteiger partial charge in [-0.25, -0.2) is 0 Å².